The Bertz CT molecular complexity index is 892. The smallest absolute Gasteiger partial charge is 0.230 e. The maximum Gasteiger partial charge on any atom is 0.230 e. The van der Waals surface area contributed by atoms with E-state index >= 15 is 0 Å². The van der Waals surface area contributed by atoms with Gasteiger partial charge >= 0.3 is 0 Å². The highest BCUT2D eigenvalue weighted by Crippen LogP contribution is 2.25. The molecule has 0 bridgehead atoms. The first-order valence-corrected chi connectivity index (χ1v) is 9.47. The van der Waals surface area contributed by atoms with Crippen LogP contribution in [0.4, 0.5) is 0 Å². The Balaban J connectivity index is 1.62. The van der Waals surface area contributed by atoms with E-state index in [1.54, 1.807) is 0 Å². The lowest BCUT2D eigenvalue weighted by Crippen LogP contribution is -2.28. The van der Waals surface area contributed by atoms with Gasteiger partial charge in [-0.2, -0.15) is 0 Å². The van der Waals surface area contributed by atoms with Crippen molar-refractivity contribution in [1.29, 1.82) is 0 Å². The van der Waals surface area contributed by atoms with Gasteiger partial charge in [0.25, 0.3) is 0 Å². The second-order valence-electron chi connectivity index (χ2n) is 6.17. The van der Waals surface area contributed by atoms with Crippen molar-refractivity contribution in [3.05, 3.63) is 65.7 Å². The van der Waals surface area contributed by atoms with Crippen LogP contribution in [0.3, 0.4) is 0 Å². The first kappa shape index (κ1) is 18.2. The Labute approximate surface area is 157 Å². The highest BCUT2D eigenvalue weighted by atomic mass is 32.2. The third-order valence-corrected chi connectivity index (χ3v) is 5.25. The normalized spacial score (nSPS) is 12.0. The van der Waals surface area contributed by atoms with E-state index in [1.807, 2.05) is 67.1 Å². The first-order valence-electron chi connectivity index (χ1n) is 8.48. The molecule has 134 valence electrons. The van der Waals surface area contributed by atoms with Gasteiger partial charge in [-0.15, -0.1) is 10.2 Å². The average Bonchev–Trinajstić information content (AvgIpc) is 3.01. The van der Waals surface area contributed by atoms with Crippen molar-refractivity contribution in [3.63, 3.8) is 0 Å². The molecule has 1 N–H and O–H groups in total. The van der Waals surface area contributed by atoms with Crippen molar-refractivity contribution in [2.45, 2.75) is 25.0 Å². The van der Waals surface area contributed by atoms with Gasteiger partial charge in [-0.1, -0.05) is 66.4 Å². The fraction of sp³-hybridized carbons (Fsp3) is 0.250. The Morgan fingerprint density at radius 3 is 2.54 bits per heavy atom. The van der Waals surface area contributed by atoms with Crippen molar-refractivity contribution in [1.82, 2.24) is 20.1 Å². The van der Waals surface area contributed by atoms with Crippen LogP contribution in [0.1, 0.15) is 24.1 Å². The van der Waals surface area contributed by atoms with E-state index in [0.717, 1.165) is 27.7 Å². The van der Waals surface area contributed by atoms with E-state index in [1.165, 1.54) is 11.8 Å². The van der Waals surface area contributed by atoms with Crippen LogP contribution in [0.2, 0.25) is 0 Å². The number of carbonyl (C=O) groups is 1. The number of hydrogen-bond donors (Lipinski definition) is 1. The molecule has 1 atom stereocenters. The van der Waals surface area contributed by atoms with E-state index in [9.17, 15) is 4.79 Å². The molecule has 5 nitrogen and oxygen atoms in total. The molecule has 0 saturated carbocycles. The zero-order chi connectivity index (χ0) is 18.5. The van der Waals surface area contributed by atoms with Crippen LogP contribution in [0.5, 0.6) is 0 Å². The van der Waals surface area contributed by atoms with Crippen LogP contribution in [-0.4, -0.2) is 26.4 Å². The van der Waals surface area contributed by atoms with Crippen molar-refractivity contribution in [3.8, 4) is 11.4 Å². The molecule has 0 aliphatic heterocycles. The third-order valence-electron chi connectivity index (χ3n) is 4.23. The second-order valence-corrected chi connectivity index (χ2v) is 7.11. The lowest BCUT2D eigenvalue weighted by Gasteiger charge is -2.14. The number of aromatic nitrogens is 3. The second kappa shape index (κ2) is 8.19. The van der Waals surface area contributed by atoms with Crippen LogP contribution < -0.4 is 5.32 Å². The largest absolute Gasteiger partial charge is 0.349 e. The SMILES string of the molecule is Cc1ccccc1-c1nnc(SCC(=O)NC(C)c2ccccc2)n1C. The van der Waals surface area contributed by atoms with Gasteiger partial charge in [0.15, 0.2) is 11.0 Å². The summed E-state index contributed by atoms with van der Waals surface area (Å²) in [5.41, 5.74) is 3.29. The molecule has 0 fully saturated rings. The Morgan fingerprint density at radius 1 is 1.12 bits per heavy atom. The topological polar surface area (TPSA) is 59.8 Å². The zero-order valence-electron chi connectivity index (χ0n) is 15.1. The van der Waals surface area contributed by atoms with Crippen LogP contribution in [0.25, 0.3) is 11.4 Å². The Hall–Kier alpha value is -2.60. The lowest BCUT2D eigenvalue weighted by molar-refractivity contribution is -0.119. The van der Waals surface area contributed by atoms with Gasteiger partial charge in [-0.25, -0.2) is 0 Å². The van der Waals surface area contributed by atoms with Gasteiger partial charge in [0.1, 0.15) is 0 Å². The lowest BCUT2D eigenvalue weighted by atomic mass is 10.1. The molecule has 0 saturated heterocycles. The van der Waals surface area contributed by atoms with Crippen molar-refractivity contribution < 1.29 is 4.79 Å². The van der Waals surface area contributed by atoms with Gasteiger partial charge < -0.3 is 9.88 Å². The number of amides is 1. The molecule has 0 aliphatic rings. The molecule has 1 aromatic heterocycles. The third kappa shape index (κ3) is 4.14. The fourth-order valence-corrected chi connectivity index (χ4v) is 3.46. The number of nitrogens with zero attached hydrogens (tertiary/aromatic N) is 3. The van der Waals surface area contributed by atoms with Crippen LogP contribution >= 0.6 is 11.8 Å². The molecule has 0 aliphatic carbocycles. The number of aryl methyl sites for hydroxylation is 1. The number of nitrogens with one attached hydrogen (secondary N) is 1. The summed E-state index contributed by atoms with van der Waals surface area (Å²) in [4.78, 5) is 12.3. The summed E-state index contributed by atoms with van der Waals surface area (Å²) in [6, 6.07) is 18.0. The fourth-order valence-electron chi connectivity index (χ4n) is 2.74. The summed E-state index contributed by atoms with van der Waals surface area (Å²) >= 11 is 1.39. The van der Waals surface area contributed by atoms with Crippen LogP contribution in [0, 0.1) is 6.92 Å². The minimum atomic E-state index is -0.0219. The summed E-state index contributed by atoms with van der Waals surface area (Å²) in [6.45, 7) is 4.03. The van der Waals surface area contributed by atoms with E-state index in [4.69, 9.17) is 0 Å². The van der Waals surface area contributed by atoms with Crippen molar-refractivity contribution in [2.75, 3.05) is 5.75 Å². The number of thioether (sulfide) groups is 1. The van der Waals surface area contributed by atoms with E-state index in [2.05, 4.69) is 28.5 Å². The molecule has 1 unspecified atom stereocenters. The highest BCUT2D eigenvalue weighted by Gasteiger charge is 2.15. The van der Waals surface area contributed by atoms with E-state index in [-0.39, 0.29) is 11.9 Å². The average molecular weight is 366 g/mol. The Kier molecular flexibility index (Phi) is 5.73. The van der Waals surface area contributed by atoms with Gasteiger partial charge in [0, 0.05) is 12.6 Å². The molecular formula is C20H22N4OS. The predicted molar refractivity (Wildman–Crippen MR) is 105 cm³/mol. The van der Waals surface area contributed by atoms with Crippen molar-refractivity contribution in [2.24, 2.45) is 7.05 Å². The number of rotatable bonds is 6. The van der Waals surface area contributed by atoms with E-state index < -0.39 is 0 Å². The minimum Gasteiger partial charge on any atom is -0.349 e. The molecule has 2 aromatic carbocycles. The summed E-state index contributed by atoms with van der Waals surface area (Å²) in [5, 5.41) is 12.3. The molecule has 3 rings (SSSR count). The van der Waals surface area contributed by atoms with Gasteiger partial charge in [-0.05, 0) is 25.0 Å². The zero-order valence-corrected chi connectivity index (χ0v) is 16.0. The summed E-state index contributed by atoms with van der Waals surface area (Å²) < 4.78 is 1.93. The predicted octanol–water partition coefficient (Wildman–Crippen LogP) is 3.76. The van der Waals surface area contributed by atoms with E-state index in [0.29, 0.717) is 5.75 Å². The molecule has 0 spiro atoms. The highest BCUT2D eigenvalue weighted by molar-refractivity contribution is 7.99. The van der Waals surface area contributed by atoms with Crippen LogP contribution in [-0.2, 0) is 11.8 Å². The van der Waals surface area contributed by atoms with Crippen molar-refractivity contribution >= 4 is 17.7 Å². The standard InChI is InChI=1S/C20H22N4OS/c1-14-9-7-8-12-17(14)19-22-23-20(24(19)3)26-13-18(25)21-15(2)16-10-5-4-6-11-16/h4-12,15H,13H2,1-3H3,(H,21,25). The monoisotopic (exact) mass is 366 g/mol. The molecular weight excluding hydrogens is 344 g/mol. The molecule has 6 heteroatoms. The molecule has 1 amide bonds. The number of carbonyl (C=O) groups excluding carboxylic acids is 1. The molecule has 3 aromatic rings. The summed E-state index contributed by atoms with van der Waals surface area (Å²) in [5.74, 6) is 1.09. The summed E-state index contributed by atoms with van der Waals surface area (Å²) in [6.07, 6.45) is 0. The van der Waals surface area contributed by atoms with Gasteiger partial charge in [0.2, 0.25) is 5.91 Å². The number of benzene rings is 2. The first-order chi connectivity index (χ1) is 12.6. The Morgan fingerprint density at radius 2 is 1.81 bits per heavy atom. The number of hydrogen-bond acceptors (Lipinski definition) is 4. The molecule has 0 radical (unpaired) electrons. The molecule has 1 heterocycles. The quantitative estimate of drug-likeness (QED) is 0.675. The van der Waals surface area contributed by atoms with Gasteiger partial charge in [-0.3, -0.25) is 4.79 Å². The minimum absolute atomic E-state index is 0.0215. The van der Waals surface area contributed by atoms with Gasteiger partial charge in [0.05, 0.1) is 11.8 Å². The maximum absolute atomic E-state index is 12.3. The van der Waals surface area contributed by atoms with Crippen LogP contribution in [0.15, 0.2) is 59.8 Å². The summed E-state index contributed by atoms with van der Waals surface area (Å²) in [7, 11) is 1.93. The molecule has 26 heavy (non-hydrogen) atoms. The maximum atomic E-state index is 12.3.